The summed E-state index contributed by atoms with van der Waals surface area (Å²) < 4.78 is 34.9. The van der Waals surface area contributed by atoms with Crippen molar-refractivity contribution in [1.29, 1.82) is 0 Å². The molecule has 1 aromatic rings. The van der Waals surface area contributed by atoms with Gasteiger partial charge in [-0.05, 0) is 31.5 Å². The molecular formula is C16H19BrO7. The number of rotatable bonds is 4. The van der Waals surface area contributed by atoms with E-state index in [9.17, 15) is 5.11 Å². The number of ether oxygens (including phenoxy) is 6. The van der Waals surface area contributed by atoms with Crippen molar-refractivity contribution in [2.45, 2.75) is 50.8 Å². The van der Waals surface area contributed by atoms with Gasteiger partial charge in [-0.3, -0.25) is 0 Å². The fourth-order valence-corrected chi connectivity index (χ4v) is 3.59. The Morgan fingerprint density at radius 3 is 2.75 bits per heavy atom. The largest absolute Gasteiger partial charge is 0.454 e. The van der Waals surface area contributed by atoms with Crippen LogP contribution in [0, 0.1) is 0 Å². The zero-order chi connectivity index (χ0) is 16.9. The van der Waals surface area contributed by atoms with Crippen LogP contribution in [0.15, 0.2) is 16.6 Å². The molecule has 2 fully saturated rings. The lowest BCUT2D eigenvalue weighted by atomic mass is 10.1. The van der Waals surface area contributed by atoms with Crippen molar-refractivity contribution in [3.8, 4) is 11.5 Å². The van der Waals surface area contributed by atoms with Gasteiger partial charge >= 0.3 is 0 Å². The summed E-state index contributed by atoms with van der Waals surface area (Å²) in [7, 11) is 0. The van der Waals surface area contributed by atoms with Crippen LogP contribution in [-0.2, 0) is 25.6 Å². The van der Waals surface area contributed by atoms with Crippen LogP contribution in [0.25, 0.3) is 0 Å². The molecule has 3 aliphatic rings. The molecular weight excluding hydrogens is 384 g/mol. The summed E-state index contributed by atoms with van der Waals surface area (Å²) in [6, 6.07) is 3.74. The van der Waals surface area contributed by atoms with Crippen molar-refractivity contribution in [3.63, 3.8) is 0 Å². The molecule has 132 valence electrons. The molecule has 3 aliphatic heterocycles. The van der Waals surface area contributed by atoms with Gasteiger partial charge in [0.2, 0.25) is 6.79 Å². The second-order valence-electron chi connectivity index (χ2n) is 6.40. The number of hydrogen-bond donors (Lipinski definition) is 1. The molecule has 0 unspecified atom stereocenters. The number of hydrogen-bond acceptors (Lipinski definition) is 7. The van der Waals surface area contributed by atoms with E-state index in [1.54, 1.807) is 0 Å². The minimum Gasteiger partial charge on any atom is -0.454 e. The monoisotopic (exact) mass is 402 g/mol. The van der Waals surface area contributed by atoms with E-state index in [4.69, 9.17) is 28.4 Å². The Labute approximate surface area is 147 Å². The van der Waals surface area contributed by atoms with Crippen molar-refractivity contribution < 1.29 is 33.5 Å². The Kier molecular flexibility index (Phi) is 4.22. The third-order valence-electron chi connectivity index (χ3n) is 4.24. The van der Waals surface area contributed by atoms with Gasteiger partial charge in [0, 0.05) is 4.47 Å². The van der Waals surface area contributed by atoms with Gasteiger partial charge in [-0.25, -0.2) is 0 Å². The van der Waals surface area contributed by atoms with Crippen molar-refractivity contribution in [1.82, 2.24) is 0 Å². The molecule has 8 heteroatoms. The molecule has 4 rings (SSSR count). The topological polar surface area (TPSA) is 75.6 Å². The van der Waals surface area contributed by atoms with E-state index in [2.05, 4.69) is 15.9 Å². The van der Waals surface area contributed by atoms with E-state index in [0.29, 0.717) is 18.1 Å². The van der Waals surface area contributed by atoms with E-state index in [1.165, 1.54) is 0 Å². The first-order valence-corrected chi connectivity index (χ1v) is 8.58. The smallest absolute Gasteiger partial charge is 0.231 e. The normalized spacial score (nSPS) is 33.0. The molecule has 0 radical (unpaired) electrons. The summed E-state index contributed by atoms with van der Waals surface area (Å²) in [5, 5.41) is 9.54. The molecule has 1 aromatic carbocycles. The predicted molar refractivity (Wildman–Crippen MR) is 84.6 cm³/mol. The summed E-state index contributed by atoms with van der Waals surface area (Å²) in [6.07, 6.45) is -1.80. The highest BCUT2D eigenvalue weighted by Gasteiger charge is 2.55. The molecule has 0 bridgehead atoms. The summed E-state index contributed by atoms with van der Waals surface area (Å²) in [6.45, 7) is 4.03. The lowest BCUT2D eigenvalue weighted by Crippen LogP contribution is -2.38. The van der Waals surface area contributed by atoms with E-state index in [1.807, 2.05) is 26.0 Å². The van der Waals surface area contributed by atoms with E-state index >= 15 is 0 Å². The Morgan fingerprint density at radius 2 is 2.00 bits per heavy atom. The van der Waals surface area contributed by atoms with E-state index < -0.39 is 24.3 Å². The van der Waals surface area contributed by atoms with Gasteiger partial charge in [0.05, 0.1) is 13.2 Å². The highest BCUT2D eigenvalue weighted by atomic mass is 79.9. The summed E-state index contributed by atoms with van der Waals surface area (Å²) >= 11 is 3.51. The Bertz CT molecular complexity index is 635. The molecule has 7 nitrogen and oxygen atoms in total. The predicted octanol–water partition coefficient (Wildman–Crippen LogP) is 1.93. The molecule has 4 atom stereocenters. The van der Waals surface area contributed by atoms with Crippen molar-refractivity contribution >= 4 is 15.9 Å². The third-order valence-corrected chi connectivity index (χ3v) is 4.98. The summed E-state index contributed by atoms with van der Waals surface area (Å²) in [5.74, 6) is 0.673. The second-order valence-corrected chi connectivity index (χ2v) is 7.25. The van der Waals surface area contributed by atoms with Crippen LogP contribution >= 0.6 is 15.9 Å². The maximum atomic E-state index is 9.54. The SMILES string of the molecule is CC1(C)O[C@H]2O[C@H](CO)[C@H](OCc3cc4c(cc3Br)OCO4)[C@H]2O1. The zero-order valence-corrected chi connectivity index (χ0v) is 14.9. The van der Waals surface area contributed by atoms with Crippen LogP contribution in [0.5, 0.6) is 11.5 Å². The van der Waals surface area contributed by atoms with Gasteiger partial charge < -0.3 is 33.5 Å². The molecule has 3 heterocycles. The Morgan fingerprint density at radius 1 is 1.25 bits per heavy atom. The van der Waals surface area contributed by atoms with Crippen molar-refractivity contribution in [3.05, 3.63) is 22.2 Å². The Balaban J connectivity index is 1.48. The molecule has 0 spiro atoms. The fraction of sp³-hybridized carbons (Fsp3) is 0.625. The summed E-state index contributed by atoms with van der Waals surface area (Å²) in [5.41, 5.74) is 0.914. The van der Waals surface area contributed by atoms with Crippen molar-refractivity contribution in [2.24, 2.45) is 0 Å². The minimum atomic E-state index is -0.725. The fourth-order valence-electron chi connectivity index (χ4n) is 3.15. The molecule has 0 saturated carbocycles. The number of halogens is 1. The first-order chi connectivity index (χ1) is 11.5. The van der Waals surface area contributed by atoms with Crippen molar-refractivity contribution in [2.75, 3.05) is 13.4 Å². The zero-order valence-electron chi connectivity index (χ0n) is 13.4. The standard InChI is InChI=1S/C16H19BrO7/c1-16(2)23-14-13(12(5-18)22-15(14)24-16)19-6-8-3-10-11(4-9(8)17)21-7-20-10/h3-4,12-15,18H,5-7H2,1-2H3/t12-,13+,14-,15-/m1/s1. The number of benzene rings is 1. The van der Waals surface area contributed by atoms with Crippen LogP contribution in [0.4, 0.5) is 0 Å². The lowest BCUT2D eigenvalue weighted by molar-refractivity contribution is -0.222. The Hall–Kier alpha value is -0.900. The second kappa shape index (κ2) is 6.12. The van der Waals surface area contributed by atoms with E-state index in [-0.39, 0.29) is 19.5 Å². The van der Waals surface area contributed by atoms with Crippen LogP contribution in [0.1, 0.15) is 19.4 Å². The van der Waals surface area contributed by atoms with Gasteiger partial charge in [0.1, 0.15) is 18.3 Å². The number of fused-ring (bicyclic) bond motifs is 2. The van der Waals surface area contributed by atoms with E-state index in [0.717, 1.165) is 10.0 Å². The highest BCUT2D eigenvalue weighted by Crippen LogP contribution is 2.40. The van der Waals surface area contributed by atoms with Gasteiger partial charge in [-0.1, -0.05) is 15.9 Å². The first kappa shape index (κ1) is 16.6. The van der Waals surface area contributed by atoms with Crippen LogP contribution in [-0.4, -0.2) is 48.9 Å². The maximum Gasteiger partial charge on any atom is 0.231 e. The minimum absolute atomic E-state index is 0.160. The number of aliphatic hydroxyl groups excluding tert-OH is 1. The lowest BCUT2D eigenvalue weighted by Gasteiger charge is -2.25. The average molecular weight is 403 g/mol. The molecule has 24 heavy (non-hydrogen) atoms. The summed E-state index contributed by atoms with van der Waals surface area (Å²) in [4.78, 5) is 0. The molecule has 0 aromatic heterocycles. The van der Waals surface area contributed by atoms with Gasteiger partial charge in [0.25, 0.3) is 0 Å². The molecule has 0 aliphatic carbocycles. The molecule has 0 amide bonds. The van der Waals surface area contributed by atoms with Gasteiger partial charge in [-0.2, -0.15) is 0 Å². The average Bonchev–Trinajstić information content (AvgIpc) is 3.16. The number of aliphatic hydroxyl groups is 1. The van der Waals surface area contributed by atoms with Gasteiger partial charge in [0.15, 0.2) is 23.6 Å². The maximum absolute atomic E-state index is 9.54. The highest BCUT2D eigenvalue weighted by molar-refractivity contribution is 9.10. The van der Waals surface area contributed by atoms with Crippen LogP contribution < -0.4 is 9.47 Å². The molecule has 2 saturated heterocycles. The first-order valence-electron chi connectivity index (χ1n) is 7.78. The van der Waals surface area contributed by atoms with Gasteiger partial charge in [-0.15, -0.1) is 0 Å². The molecule has 1 N–H and O–H groups in total. The van der Waals surface area contributed by atoms with Crippen LogP contribution in [0.2, 0.25) is 0 Å². The quantitative estimate of drug-likeness (QED) is 0.824. The third kappa shape index (κ3) is 2.91. The van der Waals surface area contributed by atoms with Crippen LogP contribution in [0.3, 0.4) is 0 Å².